The smallest absolute Gasteiger partial charge is 0.311 e. The average Bonchev–Trinajstić information content (AvgIpc) is 2.90. The van der Waals surface area contributed by atoms with Crippen molar-refractivity contribution in [2.24, 2.45) is 0 Å². The van der Waals surface area contributed by atoms with Gasteiger partial charge in [-0.2, -0.15) is 0 Å². The maximum Gasteiger partial charge on any atom is 0.311 e. The fourth-order valence-electron chi connectivity index (χ4n) is 2.31. The van der Waals surface area contributed by atoms with E-state index in [1.807, 2.05) is 24.3 Å². The summed E-state index contributed by atoms with van der Waals surface area (Å²) >= 11 is 0. The largest absolute Gasteiger partial charge is 0.497 e. The van der Waals surface area contributed by atoms with Crippen LogP contribution in [0.5, 0.6) is 5.75 Å². The Balaban J connectivity index is 2.07. The Hall–Kier alpha value is -2.96. The van der Waals surface area contributed by atoms with Gasteiger partial charge in [-0.05, 0) is 31.2 Å². The maximum atomic E-state index is 10.9. The van der Waals surface area contributed by atoms with E-state index in [4.69, 9.17) is 9.84 Å². The third-order valence-corrected chi connectivity index (χ3v) is 3.32. The summed E-state index contributed by atoms with van der Waals surface area (Å²) in [7, 11) is 1.61. The molecule has 0 aliphatic rings. The minimum Gasteiger partial charge on any atom is -0.497 e. The quantitative estimate of drug-likeness (QED) is 0.789. The van der Waals surface area contributed by atoms with Crippen LogP contribution in [0.4, 0.5) is 0 Å². The van der Waals surface area contributed by atoms with E-state index >= 15 is 0 Å². The molecule has 0 amide bonds. The average molecular weight is 298 g/mol. The van der Waals surface area contributed by atoms with Crippen LogP contribution in [0.1, 0.15) is 11.6 Å². The summed E-state index contributed by atoms with van der Waals surface area (Å²) in [5.41, 5.74) is 2.26. The standard InChI is InChI=1S/C15H14N4O3/c1-9-16-12(10-3-5-11(22-2)6-4-10)7-13-17-18-14(19(9)13)8-15(20)21/h3-7H,8H2,1-2H3,(H,20,21). The van der Waals surface area contributed by atoms with Crippen LogP contribution in [0, 0.1) is 6.92 Å². The lowest BCUT2D eigenvalue weighted by molar-refractivity contribution is -0.136. The predicted octanol–water partition coefficient (Wildman–Crippen LogP) is 1.74. The molecule has 1 N–H and O–H groups in total. The molecule has 2 aromatic heterocycles. The van der Waals surface area contributed by atoms with Gasteiger partial charge in [-0.25, -0.2) is 4.98 Å². The van der Waals surface area contributed by atoms with E-state index in [0.29, 0.717) is 17.3 Å². The molecule has 1 aromatic carbocycles. The number of nitrogens with zero attached hydrogens (tertiary/aromatic N) is 4. The van der Waals surface area contributed by atoms with Gasteiger partial charge in [0.1, 0.15) is 23.8 Å². The molecular formula is C15H14N4O3. The fraction of sp³-hybridized carbons (Fsp3) is 0.200. The molecule has 7 heteroatoms. The van der Waals surface area contributed by atoms with E-state index in [-0.39, 0.29) is 6.42 Å². The number of aryl methyl sites for hydroxylation is 1. The van der Waals surface area contributed by atoms with Crippen LogP contribution >= 0.6 is 0 Å². The highest BCUT2D eigenvalue weighted by atomic mass is 16.5. The van der Waals surface area contributed by atoms with Crippen molar-refractivity contribution in [1.29, 1.82) is 0 Å². The molecule has 0 bridgehead atoms. The normalized spacial score (nSPS) is 10.8. The second-order valence-corrected chi connectivity index (χ2v) is 4.80. The van der Waals surface area contributed by atoms with Gasteiger partial charge in [0.2, 0.25) is 0 Å². The molecule has 0 unspecified atom stereocenters. The molecule has 0 aliphatic heterocycles. The molecule has 3 rings (SSSR count). The Labute approximate surface area is 126 Å². The molecule has 0 spiro atoms. The van der Waals surface area contributed by atoms with Crippen LogP contribution in [0.25, 0.3) is 16.9 Å². The number of aromatic nitrogens is 4. The summed E-state index contributed by atoms with van der Waals surface area (Å²) in [6.07, 6.45) is -0.189. The van der Waals surface area contributed by atoms with Crippen molar-refractivity contribution in [2.45, 2.75) is 13.3 Å². The molecule has 112 valence electrons. The van der Waals surface area contributed by atoms with Gasteiger partial charge in [-0.3, -0.25) is 9.20 Å². The number of benzene rings is 1. The third-order valence-electron chi connectivity index (χ3n) is 3.32. The molecule has 0 radical (unpaired) electrons. The van der Waals surface area contributed by atoms with Crippen molar-refractivity contribution >= 4 is 11.6 Å². The molecule has 3 aromatic rings. The van der Waals surface area contributed by atoms with Crippen molar-refractivity contribution in [1.82, 2.24) is 19.6 Å². The number of aliphatic carboxylic acids is 1. The molecule has 0 fully saturated rings. The summed E-state index contributed by atoms with van der Waals surface area (Å²) in [5, 5.41) is 16.9. The Morgan fingerprint density at radius 3 is 2.64 bits per heavy atom. The number of carbonyl (C=O) groups is 1. The van der Waals surface area contributed by atoms with Crippen LogP contribution in [0.15, 0.2) is 30.3 Å². The maximum absolute atomic E-state index is 10.9. The van der Waals surface area contributed by atoms with Gasteiger partial charge in [0, 0.05) is 11.6 Å². The highest BCUT2D eigenvalue weighted by Gasteiger charge is 2.13. The third kappa shape index (κ3) is 2.48. The first-order valence-corrected chi connectivity index (χ1v) is 6.66. The lowest BCUT2D eigenvalue weighted by Crippen LogP contribution is -2.07. The van der Waals surface area contributed by atoms with Gasteiger partial charge in [-0.1, -0.05) is 0 Å². The lowest BCUT2D eigenvalue weighted by atomic mass is 10.1. The van der Waals surface area contributed by atoms with Gasteiger partial charge in [-0.15, -0.1) is 10.2 Å². The van der Waals surface area contributed by atoms with Crippen molar-refractivity contribution in [3.8, 4) is 17.0 Å². The van der Waals surface area contributed by atoms with Crippen LogP contribution in [-0.4, -0.2) is 37.8 Å². The number of hydrogen-bond donors (Lipinski definition) is 1. The molecular weight excluding hydrogens is 284 g/mol. The van der Waals surface area contributed by atoms with E-state index in [2.05, 4.69) is 15.2 Å². The SMILES string of the molecule is COc1ccc(-c2cc3nnc(CC(=O)O)n3c(C)n2)cc1. The van der Waals surface area contributed by atoms with Crippen molar-refractivity contribution in [3.05, 3.63) is 42.0 Å². The first kappa shape index (κ1) is 14.0. The van der Waals surface area contributed by atoms with E-state index in [1.54, 1.807) is 24.5 Å². The zero-order chi connectivity index (χ0) is 15.7. The molecule has 0 aliphatic carbocycles. The van der Waals surface area contributed by atoms with Crippen molar-refractivity contribution in [2.75, 3.05) is 7.11 Å². The number of fused-ring (bicyclic) bond motifs is 1. The highest BCUT2D eigenvalue weighted by Crippen LogP contribution is 2.22. The highest BCUT2D eigenvalue weighted by molar-refractivity contribution is 5.70. The van der Waals surface area contributed by atoms with Gasteiger partial charge in [0.15, 0.2) is 5.65 Å². The van der Waals surface area contributed by atoms with Gasteiger partial charge in [0.05, 0.1) is 12.8 Å². The van der Waals surface area contributed by atoms with Crippen LogP contribution < -0.4 is 4.74 Å². The second kappa shape index (κ2) is 5.44. The number of methoxy groups -OCH3 is 1. The van der Waals surface area contributed by atoms with Gasteiger partial charge in [0.25, 0.3) is 0 Å². The number of carboxylic acid groups (broad SMARTS) is 1. The summed E-state index contributed by atoms with van der Waals surface area (Å²) in [5.74, 6) is 0.832. The van der Waals surface area contributed by atoms with Crippen LogP contribution in [0.3, 0.4) is 0 Å². The minimum absolute atomic E-state index is 0.189. The first-order chi connectivity index (χ1) is 10.6. The van der Waals surface area contributed by atoms with E-state index in [0.717, 1.165) is 17.0 Å². The van der Waals surface area contributed by atoms with Crippen LogP contribution in [0.2, 0.25) is 0 Å². The topological polar surface area (TPSA) is 89.6 Å². The monoisotopic (exact) mass is 298 g/mol. The molecule has 2 heterocycles. The molecule has 0 atom stereocenters. The lowest BCUT2D eigenvalue weighted by Gasteiger charge is -2.07. The molecule has 7 nitrogen and oxygen atoms in total. The first-order valence-electron chi connectivity index (χ1n) is 6.66. The van der Waals surface area contributed by atoms with Crippen molar-refractivity contribution in [3.63, 3.8) is 0 Å². The van der Waals surface area contributed by atoms with Gasteiger partial charge >= 0.3 is 5.97 Å². The summed E-state index contributed by atoms with van der Waals surface area (Å²) < 4.78 is 6.79. The minimum atomic E-state index is -0.951. The Kier molecular flexibility index (Phi) is 3.46. The Morgan fingerprint density at radius 2 is 2.00 bits per heavy atom. The van der Waals surface area contributed by atoms with E-state index in [1.165, 1.54) is 0 Å². The fourth-order valence-corrected chi connectivity index (χ4v) is 2.31. The van der Waals surface area contributed by atoms with Crippen molar-refractivity contribution < 1.29 is 14.6 Å². The van der Waals surface area contributed by atoms with E-state index < -0.39 is 5.97 Å². The van der Waals surface area contributed by atoms with Crippen LogP contribution in [-0.2, 0) is 11.2 Å². The number of hydrogen-bond acceptors (Lipinski definition) is 5. The summed E-state index contributed by atoms with van der Waals surface area (Å²) in [6.45, 7) is 1.80. The number of rotatable bonds is 4. The van der Waals surface area contributed by atoms with Gasteiger partial charge < -0.3 is 9.84 Å². The Bertz CT molecular complexity index is 840. The Morgan fingerprint density at radius 1 is 1.27 bits per heavy atom. The van der Waals surface area contributed by atoms with E-state index in [9.17, 15) is 4.79 Å². The summed E-state index contributed by atoms with van der Waals surface area (Å²) in [4.78, 5) is 15.4. The molecule has 0 saturated heterocycles. The summed E-state index contributed by atoms with van der Waals surface area (Å²) in [6, 6.07) is 9.32. The number of ether oxygens (including phenoxy) is 1. The zero-order valence-corrected chi connectivity index (χ0v) is 12.1. The number of carboxylic acids is 1. The second-order valence-electron chi connectivity index (χ2n) is 4.80. The molecule has 22 heavy (non-hydrogen) atoms. The molecule has 0 saturated carbocycles. The predicted molar refractivity (Wildman–Crippen MR) is 78.8 cm³/mol. The zero-order valence-electron chi connectivity index (χ0n) is 12.1.